The summed E-state index contributed by atoms with van der Waals surface area (Å²) in [4.78, 5) is 16.9. The molecule has 5 nitrogen and oxygen atoms in total. The summed E-state index contributed by atoms with van der Waals surface area (Å²) in [6.07, 6.45) is 1.85. The van der Waals surface area contributed by atoms with Gasteiger partial charge in [0.1, 0.15) is 5.75 Å². The SMILES string of the molecule is CCOC(=O)c1ccc(-n2c(-c3ccccc3)cc(C=Nc3ccc(O)cc3)c2-c2ccccc2)cc1. The van der Waals surface area contributed by atoms with Crippen LogP contribution in [0.15, 0.2) is 120 Å². The molecule has 1 N–H and O–H groups in total. The molecular weight excluding hydrogens is 460 g/mol. The molecule has 5 heteroatoms. The molecule has 1 aromatic heterocycles. The molecule has 0 spiro atoms. The second-order valence-corrected chi connectivity index (χ2v) is 8.44. The Hall–Kier alpha value is -4.90. The minimum absolute atomic E-state index is 0.202. The highest BCUT2D eigenvalue weighted by Crippen LogP contribution is 2.36. The minimum atomic E-state index is -0.338. The van der Waals surface area contributed by atoms with Crippen LogP contribution < -0.4 is 0 Å². The van der Waals surface area contributed by atoms with Gasteiger partial charge in [-0.15, -0.1) is 0 Å². The van der Waals surface area contributed by atoms with E-state index < -0.39 is 0 Å². The summed E-state index contributed by atoms with van der Waals surface area (Å²) in [7, 11) is 0. The van der Waals surface area contributed by atoms with Gasteiger partial charge in [-0.1, -0.05) is 60.7 Å². The van der Waals surface area contributed by atoms with E-state index in [0.717, 1.165) is 39.5 Å². The van der Waals surface area contributed by atoms with Gasteiger partial charge in [0.05, 0.1) is 29.2 Å². The lowest BCUT2D eigenvalue weighted by Gasteiger charge is -2.15. The molecule has 37 heavy (non-hydrogen) atoms. The highest BCUT2D eigenvalue weighted by Gasteiger charge is 2.19. The van der Waals surface area contributed by atoms with E-state index in [1.807, 2.05) is 54.7 Å². The molecule has 0 saturated carbocycles. The molecule has 0 saturated heterocycles. The van der Waals surface area contributed by atoms with Crippen LogP contribution in [0.2, 0.25) is 0 Å². The van der Waals surface area contributed by atoms with Crippen LogP contribution in [0.25, 0.3) is 28.2 Å². The number of nitrogens with zero attached hydrogens (tertiary/aromatic N) is 2. The lowest BCUT2D eigenvalue weighted by atomic mass is 10.1. The van der Waals surface area contributed by atoms with Gasteiger partial charge in [0.2, 0.25) is 0 Å². The number of aromatic nitrogens is 1. The Morgan fingerprint density at radius 3 is 2.08 bits per heavy atom. The maximum Gasteiger partial charge on any atom is 0.338 e. The largest absolute Gasteiger partial charge is 0.508 e. The lowest BCUT2D eigenvalue weighted by molar-refractivity contribution is 0.0526. The number of hydrogen-bond donors (Lipinski definition) is 1. The summed E-state index contributed by atoms with van der Waals surface area (Å²) in [5.74, 6) is -0.137. The number of benzene rings is 4. The monoisotopic (exact) mass is 486 g/mol. The molecule has 0 bridgehead atoms. The molecule has 0 fully saturated rings. The summed E-state index contributed by atoms with van der Waals surface area (Å²) in [6.45, 7) is 2.13. The molecule has 0 radical (unpaired) electrons. The Bertz CT molecular complexity index is 1520. The summed E-state index contributed by atoms with van der Waals surface area (Å²) >= 11 is 0. The Morgan fingerprint density at radius 2 is 1.46 bits per heavy atom. The summed E-state index contributed by atoms with van der Waals surface area (Å²) in [5, 5.41) is 9.63. The normalized spacial score (nSPS) is 11.1. The number of aromatic hydroxyl groups is 1. The summed E-state index contributed by atoms with van der Waals surface area (Å²) in [6, 6.07) is 36.7. The van der Waals surface area contributed by atoms with Crippen LogP contribution in [0, 0.1) is 0 Å². The first-order valence-corrected chi connectivity index (χ1v) is 12.1. The first-order chi connectivity index (χ1) is 18.1. The highest BCUT2D eigenvalue weighted by molar-refractivity contribution is 5.95. The third-order valence-electron chi connectivity index (χ3n) is 5.99. The molecule has 1 heterocycles. The Labute approximate surface area is 216 Å². The molecule has 0 aliphatic carbocycles. The first kappa shape index (κ1) is 23.8. The van der Waals surface area contributed by atoms with E-state index in [0.29, 0.717) is 12.2 Å². The molecule has 0 aliphatic rings. The van der Waals surface area contributed by atoms with E-state index in [4.69, 9.17) is 9.73 Å². The van der Waals surface area contributed by atoms with Crippen LogP contribution in [0.5, 0.6) is 5.75 Å². The third kappa shape index (κ3) is 5.21. The van der Waals surface area contributed by atoms with Crippen LogP contribution in [0.1, 0.15) is 22.8 Å². The fourth-order valence-corrected chi connectivity index (χ4v) is 4.25. The standard InChI is InChI=1S/C32H26N2O3/c1-2-37-32(36)25-13-17-28(18-14-25)34-30(23-9-5-3-6-10-23)21-26(31(34)24-11-7-4-8-12-24)22-33-27-15-19-29(35)20-16-27/h3-22,35H,2H2,1H3. The average molecular weight is 487 g/mol. The van der Waals surface area contributed by atoms with E-state index in [1.165, 1.54) is 0 Å². The average Bonchev–Trinajstić information content (AvgIpc) is 3.33. The van der Waals surface area contributed by atoms with Gasteiger partial charge in [-0.3, -0.25) is 4.99 Å². The van der Waals surface area contributed by atoms with Gasteiger partial charge in [0.15, 0.2) is 0 Å². The van der Waals surface area contributed by atoms with Gasteiger partial charge in [0.25, 0.3) is 0 Å². The number of hydrogen-bond acceptors (Lipinski definition) is 4. The molecule has 5 aromatic rings. The molecule has 0 atom stereocenters. The fraction of sp³-hybridized carbons (Fsp3) is 0.0625. The van der Waals surface area contributed by atoms with Gasteiger partial charge in [0, 0.05) is 17.5 Å². The first-order valence-electron chi connectivity index (χ1n) is 12.1. The number of rotatable bonds is 7. The molecule has 4 aromatic carbocycles. The molecule has 0 unspecified atom stereocenters. The smallest absolute Gasteiger partial charge is 0.338 e. The Morgan fingerprint density at radius 1 is 0.838 bits per heavy atom. The van der Waals surface area contributed by atoms with Crippen molar-refractivity contribution in [3.05, 3.63) is 126 Å². The minimum Gasteiger partial charge on any atom is -0.508 e. The molecule has 0 aliphatic heterocycles. The van der Waals surface area contributed by atoms with Crippen molar-refractivity contribution in [3.8, 4) is 34.0 Å². The van der Waals surface area contributed by atoms with Gasteiger partial charge < -0.3 is 14.4 Å². The molecule has 5 rings (SSSR count). The van der Waals surface area contributed by atoms with Gasteiger partial charge in [-0.25, -0.2) is 4.79 Å². The number of ether oxygens (including phenoxy) is 1. The Balaban J connectivity index is 1.71. The quantitative estimate of drug-likeness (QED) is 0.192. The third-order valence-corrected chi connectivity index (χ3v) is 5.99. The zero-order valence-electron chi connectivity index (χ0n) is 20.4. The van der Waals surface area contributed by atoms with E-state index in [9.17, 15) is 9.90 Å². The van der Waals surface area contributed by atoms with Crippen molar-refractivity contribution >= 4 is 17.9 Å². The number of carbonyl (C=O) groups excluding carboxylic acids is 1. The van der Waals surface area contributed by atoms with E-state index in [-0.39, 0.29) is 11.7 Å². The van der Waals surface area contributed by atoms with E-state index in [2.05, 4.69) is 34.9 Å². The van der Waals surface area contributed by atoms with Crippen LogP contribution >= 0.6 is 0 Å². The van der Waals surface area contributed by atoms with Crippen molar-refractivity contribution in [2.45, 2.75) is 6.92 Å². The predicted octanol–water partition coefficient (Wildman–Crippen LogP) is 7.44. The van der Waals surface area contributed by atoms with Crippen molar-refractivity contribution in [1.29, 1.82) is 0 Å². The predicted molar refractivity (Wildman–Crippen MR) is 148 cm³/mol. The number of phenolic OH excluding ortho intramolecular Hbond substituents is 1. The summed E-state index contributed by atoms with van der Waals surface area (Å²) < 4.78 is 7.36. The fourth-order valence-electron chi connectivity index (χ4n) is 4.25. The second-order valence-electron chi connectivity index (χ2n) is 8.44. The number of carbonyl (C=O) groups is 1. The van der Waals surface area contributed by atoms with Crippen LogP contribution in [-0.2, 0) is 4.74 Å². The molecule has 0 amide bonds. The number of phenols is 1. The lowest BCUT2D eigenvalue weighted by Crippen LogP contribution is -2.05. The van der Waals surface area contributed by atoms with Gasteiger partial charge >= 0.3 is 5.97 Å². The summed E-state index contributed by atoms with van der Waals surface area (Å²) in [5.41, 5.74) is 7.16. The van der Waals surface area contributed by atoms with Crippen molar-refractivity contribution in [3.63, 3.8) is 0 Å². The van der Waals surface area contributed by atoms with Crippen molar-refractivity contribution in [2.24, 2.45) is 4.99 Å². The van der Waals surface area contributed by atoms with Crippen LogP contribution in [-0.4, -0.2) is 28.5 Å². The van der Waals surface area contributed by atoms with Crippen molar-refractivity contribution in [2.75, 3.05) is 6.61 Å². The second kappa shape index (κ2) is 10.8. The maximum absolute atomic E-state index is 12.3. The van der Waals surface area contributed by atoms with Crippen molar-refractivity contribution in [1.82, 2.24) is 4.57 Å². The highest BCUT2D eigenvalue weighted by atomic mass is 16.5. The van der Waals surface area contributed by atoms with E-state index in [1.54, 1.807) is 43.3 Å². The number of aliphatic imine (C=N–C) groups is 1. The van der Waals surface area contributed by atoms with E-state index >= 15 is 0 Å². The number of esters is 1. The van der Waals surface area contributed by atoms with Crippen LogP contribution in [0.3, 0.4) is 0 Å². The molecular formula is C32H26N2O3. The maximum atomic E-state index is 12.3. The van der Waals surface area contributed by atoms with Gasteiger partial charge in [-0.2, -0.15) is 0 Å². The van der Waals surface area contributed by atoms with Crippen molar-refractivity contribution < 1.29 is 14.6 Å². The zero-order valence-corrected chi connectivity index (χ0v) is 20.4. The molecule has 182 valence electrons. The topological polar surface area (TPSA) is 63.8 Å². The zero-order chi connectivity index (χ0) is 25.6. The van der Waals surface area contributed by atoms with Gasteiger partial charge in [-0.05, 0) is 72.6 Å². The van der Waals surface area contributed by atoms with Crippen LogP contribution in [0.4, 0.5) is 5.69 Å². The Kier molecular flexibility index (Phi) is 6.95.